The number of likely N-dealkylation sites (tertiary alicyclic amines) is 1. The van der Waals surface area contributed by atoms with Gasteiger partial charge in [-0.25, -0.2) is 18.2 Å². The van der Waals surface area contributed by atoms with E-state index in [9.17, 15) is 23.3 Å². The summed E-state index contributed by atoms with van der Waals surface area (Å²) in [6.07, 6.45) is 1.60. The molecule has 9 nitrogen and oxygen atoms in total. The Bertz CT molecular complexity index is 754. The maximum Gasteiger partial charge on any atom is 0.410 e. The van der Waals surface area contributed by atoms with Gasteiger partial charge in [0.2, 0.25) is 0 Å². The first-order valence-electron chi connectivity index (χ1n) is 7.82. The zero-order valence-electron chi connectivity index (χ0n) is 14.3. The number of nitro groups is 1. The summed E-state index contributed by atoms with van der Waals surface area (Å²) in [5, 5.41) is 10.4. The molecule has 1 fully saturated rings. The molecular formula is C15H21N3O6S. The van der Waals surface area contributed by atoms with E-state index in [0.717, 1.165) is 18.3 Å². The van der Waals surface area contributed by atoms with Crippen molar-refractivity contribution in [2.24, 2.45) is 0 Å². The van der Waals surface area contributed by atoms with Crippen molar-refractivity contribution in [1.82, 2.24) is 9.88 Å². The van der Waals surface area contributed by atoms with Crippen LogP contribution in [0.3, 0.4) is 0 Å². The quantitative estimate of drug-likeness (QED) is 0.587. The number of carbonyl (C=O) groups is 1. The van der Waals surface area contributed by atoms with E-state index in [1.54, 1.807) is 20.8 Å². The average molecular weight is 371 g/mol. The lowest BCUT2D eigenvalue weighted by Gasteiger charge is -2.28. The van der Waals surface area contributed by atoms with Gasteiger partial charge in [-0.15, -0.1) is 0 Å². The van der Waals surface area contributed by atoms with Crippen molar-refractivity contribution >= 4 is 21.6 Å². The van der Waals surface area contributed by atoms with Crippen LogP contribution < -0.4 is 0 Å². The van der Waals surface area contributed by atoms with E-state index >= 15 is 0 Å². The van der Waals surface area contributed by atoms with Crippen molar-refractivity contribution in [3.8, 4) is 0 Å². The number of amides is 1. The Balaban J connectivity index is 2.13. The van der Waals surface area contributed by atoms with Gasteiger partial charge in [0.25, 0.3) is 5.69 Å². The predicted molar refractivity (Wildman–Crippen MR) is 88.9 cm³/mol. The molecule has 138 valence electrons. The molecule has 1 amide bonds. The molecule has 25 heavy (non-hydrogen) atoms. The molecule has 1 saturated heterocycles. The van der Waals surface area contributed by atoms with Crippen LogP contribution >= 0.6 is 0 Å². The summed E-state index contributed by atoms with van der Waals surface area (Å²) in [4.78, 5) is 27.3. The highest BCUT2D eigenvalue weighted by Crippen LogP contribution is 2.24. The topological polar surface area (TPSA) is 120 Å². The van der Waals surface area contributed by atoms with Crippen LogP contribution in [0.5, 0.6) is 0 Å². The Hall–Kier alpha value is -2.23. The monoisotopic (exact) mass is 371 g/mol. The predicted octanol–water partition coefficient (Wildman–Crippen LogP) is 2.16. The molecule has 1 atom stereocenters. The third-order valence-corrected chi connectivity index (χ3v) is 5.37. The Labute approximate surface area is 146 Å². The van der Waals surface area contributed by atoms with Crippen LogP contribution in [0.25, 0.3) is 0 Å². The molecule has 0 spiro atoms. The molecule has 2 heterocycles. The molecule has 0 saturated carbocycles. The fraction of sp³-hybridized carbons (Fsp3) is 0.600. The molecule has 0 bridgehead atoms. The summed E-state index contributed by atoms with van der Waals surface area (Å²) < 4.78 is 30.3. The lowest BCUT2D eigenvalue weighted by molar-refractivity contribution is -0.385. The van der Waals surface area contributed by atoms with Gasteiger partial charge in [0.15, 0.2) is 14.9 Å². The molecule has 1 aliphatic heterocycles. The first-order valence-corrected chi connectivity index (χ1v) is 9.48. The van der Waals surface area contributed by atoms with E-state index in [-0.39, 0.29) is 16.5 Å². The van der Waals surface area contributed by atoms with Gasteiger partial charge in [-0.05, 0) is 39.7 Å². The average Bonchev–Trinajstić information content (AvgIpc) is 2.93. The number of aromatic nitrogens is 1. The van der Waals surface area contributed by atoms with Crippen LogP contribution in [0.4, 0.5) is 10.5 Å². The van der Waals surface area contributed by atoms with Crippen LogP contribution in [0.15, 0.2) is 23.4 Å². The number of nitrogens with zero attached hydrogens (tertiary/aromatic N) is 3. The van der Waals surface area contributed by atoms with E-state index in [1.807, 2.05) is 0 Å². The van der Waals surface area contributed by atoms with Gasteiger partial charge >= 0.3 is 6.09 Å². The lowest BCUT2D eigenvalue weighted by Crippen LogP contribution is -2.42. The highest BCUT2D eigenvalue weighted by Gasteiger charge is 2.35. The van der Waals surface area contributed by atoms with E-state index in [1.165, 1.54) is 4.90 Å². The van der Waals surface area contributed by atoms with E-state index in [4.69, 9.17) is 4.74 Å². The fourth-order valence-corrected chi connectivity index (χ4v) is 4.09. The normalized spacial score (nSPS) is 18.2. The Morgan fingerprint density at radius 2 is 2.12 bits per heavy atom. The Kier molecular flexibility index (Phi) is 5.31. The van der Waals surface area contributed by atoms with Gasteiger partial charge in [0, 0.05) is 18.7 Å². The van der Waals surface area contributed by atoms with Crippen molar-refractivity contribution < 1.29 is 22.9 Å². The number of ether oxygens (including phenoxy) is 1. The number of carbonyl (C=O) groups excluding carboxylic acids is 1. The zero-order valence-corrected chi connectivity index (χ0v) is 15.2. The van der Waals surface area contributed by atoms with Crippen LogP contribution in [0.1, 0.15) is 33.6 Å². The number of hydrogen-bond donors (Lipinski definition) is 0. The number of sulfone groups is 1. The van der Waals surface area contributed by atoms with Crippen molar-refractivity contribution in [2.75, 3.05) is 12.3 Å². The summed E-state index contributed by atoms with van der Waals surface area (Å²) in [7, 11) is -3.78. The summed E-state index contributed by atoms with van der Waals surface area (Å²) in [5.74, 6) is -0.295. The third kappa shape index (κ3) is 4.88. The van der Waals surface area contributed by atoms with Crippen LogP contribution in [0, 0.1) is 10.1 Å². The van der Waals surface area contributed by atoms with Crippen molar-refractivity contribution in [3.05, 3.63) is 28.4 Å². The maximum atomic E-state index is 12.5. The van der Waals surface area contributed by atoms with E-state index in [2.05, 4.69) is 4.98 Å². The molecule has 1 aromatic heterocycles. The maximum absolute atomic E-state index is 12.5. The van der Waals surface area contributed by atoms with Crippen molar-refractivity contribution in [1.29, 1.82) is 0 Å². The van der Waals surface area contributed by atoms with Gasteiger partial charge in [-0.1, -0.05) is 0 Å². The van der Waals surface area contributed by atoms with Gasteiger partial charge < -0.3 is 9.64 Å². The number of pyridine rings is 1. The second-order valence-electron chi connectivity index (χ2n) is 6.86. The highest BCUT2D eigenvalue weighted by molar-refractivity contribution is 7.91. The minimum Gasteiger partial charge on any atom is -0.444 e. The molecular weight excluding hydrogens is 350 g/mol. The molecule has 1 aliphatic rings. The molecule has 1 unspecified atom stereocenters. The fourth-order valence-electron chi connectivity index (χ4n) is 2.57. The number of rotatable bonds is 4. The van der Waals surface area contributed by atoms with Crippen molar-refractivity contribution in [3.63, 3.8) is 0 Å². The molecule has 0 radical (unpaired) electrons. The van der Waals surface area contributed by atoms with E-state index in [0.29, 0.717) is 19.4 Å². The zero-order chi connectivity index (χ0) is 18.8. The standard InChI is InChI=1S/C15H21N3O6S/c1-15(2,3)24-14(19)17-8-4-5-12(17)10-25(22,23)13-7-6-11(9-16-13)18(20)21/h6-7,9,12H,4-5,8,10H2,1-3H3. The van der Waals surface area contributed by atoms with Gasteiger partial charge in [-0.3, -0.25) is 10.1 Å². The van der Waals surface area contributed by atoms with Crippen LogP contribution in [-0.4, -0.2) is 53.3 Å². The van der Waals surface area contributed by atoms with Gasteiger partial charge in [0.1, 0.15) is 11.8 Å². The molecule has 0 aromatic carbocycles. The largest absolute Gasteiger partial charge is 0.444 e. The van der Waals surface area contributed by atoms with Gasteiger partial charge in [-0.2, -0.15) is 0 Å². The molecule has 2 rings (SSSR count). The molecule has 0 N–H and O–H groups in total. The SMILES string of the molecule is CC(C)(C)OC(=O)N1CCCC1CS(=O)(=O)c1ccc([N+](=O)[O-])cn1. The van der Waals surface area contributed by atoms with Crippen LogP contribution in [-0.2, 0) is 14.6 Å². The number of hydrogen-bond acceptors (Lipinski definition) is 7. The first kappa shape index (κ1) is 19.1. The van der Waals surface area contributed by atoms with E-state index < -0.39 is 32.5 Å². The summed E-state index contributed by atoms with van der Waals surface area (Å²) >= 11 is 0. The van der Waals surface area contributed by atoms with Gasteiger partial charge in [0.05, 0.1) is 10.7 Å². The summed E-state index contributed by atoms with van der Waals surface area (Å²) in [6.45, 7) is 5.66. The second-order valence-corrected chi connectivity index (χ2v) is 8.84. The molecule has 10 heteroatoms. The molecule has 1 aromatic rings. The van der Waals surface area contributed by atoms with Crippen molar-refractivity contribution in [2.45, 2.75) is 50.3 Å². The highest BCUT2D eigenvalue weighted by atomic mass is 32.2. The second kappa shape index (κ2) is 6.95. The minimum atomic E-state index is -3.78. The Morgan fingerprint density at radius 1 is 1.44 bits per heavy atom. The minimum absolute atomic E-state index is 0.242. The molecule has 0 aliphatic carbocycles. The lowest BCUT2D eigenvalue weighted by atomic mass is 10.2. The van der Waals surface area contributed by atoms with Crippen LogP contribution in [0.2, 0.25) is 0 Å². The smallest absolute Gasteiger partial charge is 0.410 e. The Morgan fingerprint density at radius 3 is 2.64 bits per heavy atom. The summed E-state index contributed by atoms with van der Waals surface area (Å²) in [5.41, 5.74) is -0.946. The third-order valence-electron chi connectivity index (χ3n) is 3.67. The summed E-state index contributed by atoms with van der Waals surface area (Å²) in [6, 6.07) is 1.71. The first-order chi connectivity index (χ1) is 11.5.